The molecule has 0 atom stereocenters. The highest BCUT2D eigenvalue weighted by molar-refractivity contribution is 6.02. The summed E-state index contributed by atoms with van der Waals surface area (Å²) < 4.78 is 25.7. The van der Waals surface area contributed by atoms with Gasteiger partial charge in [-0.1, -0.05) is 0 Å². The topological polar surface area (TPSA) is 123 Å². The van der Waals surface area contributed by atoms with E-state index >= 15 is 0 Å². The van der Waals surface area contributed by atoms with Crippen LogP contribution in [-0.4, -0.2) is 51.2 Å². The molecule has 0 aliphatic rings. The molecule has 0 saturated carbocycles. The highest BCUT2D eigenvalue weighted by atomic mass is 16.6. The third-order valence-corrected chi connectivity index (χ3v) is 4.04. The van der Waals surface area contributed by atoms with Crippen molar-refractivity contribution in [3.63, 3.8) is 0 Å². The van der Waals surface area contributed by atoms with E-state index in [-0.39, 0.29) is 35.0 Å². The predicted octanol–water partition coefficient (Wildman–Crippen LogP) is 3.06. The number of ketones is 1. The third kappa shape index (κ3) is 4.96. The number of rotatable bonds is 10. The maximum atomic E-state index is 12.5. The number of nitro benzene ring substituents is 1. The second kappa shape index (κ2) is 10.1. The summed E-state index contributed by atoms with van der Waals surface area (Å²) in [6.45, 7) is 1.30. The standard InChI is InChI=1S/C20H21NO9/c1-5-29-19-10-15(21(24)25)14(9-18(19)28-4)20(23)30-11-16(22)13-7-6-12(26-2)8-17(13)27-3/h6-10H,5,11H2,1-4H3. The molecule has 0 radical (unpaired) electrons. The molecule has 0 heterocycles. The molecule has 0 unspecified atom stereocenters. The first-order valence-corrected chi connectivity index (χ1v) is 8.77. The molecule has 2 aromatic rings. The average Bonchev–Trinajstić information content (AvgIpc) is 2.76. The fourth-order valence-electron chi connectivity index (χ4n) is 2.61. The van der Waals surface area contributed by atoms with Gasteiger partial charge in [0, 0.05) is 12.1 Å². The number of hydrogen-bond donors (Lipinski definition) is 0. The van der Waals surface area contributed by atoms with Gasteiger partial charge in [0.05, 0.1) is 44.5 Å². The van der Waals surface area contributed by atoms with Crippen molar-refractivity contribution < 1.29 is 38.2 Å². The van der Waals surface area contributed by atoms with Crippen LogP contribution >= 0.6 is 0 Å². The number of benzene rings is 2. The Bertz CT molecular complexity index is 956. The number of carbonyl (C=O) groups excluding carboxylic acids is 2. The van der Waals surface area contributed by atoms with Gasteiger partial charge in [-0.3, -0.25) is 14.9 Å². The van der Waals surface area contributed by atoms with Crippen molar-refractivity contribution in [1.82, 2.24) is 0 Å². The van der Waals surface area contributed by atoms with Crippen LogP contribution in [0.4, 0.5) is 5.69 Å². The zero-order valence-corrected chi connectivity index (χ0v) is 16.9. The van der Waals surface area contributed by atoms with Crippen molar-refractivity contribution in [2.75, 3.05) is 34.5 Å². The summed E-state index contributed by atoms with van der Waals surface area (Å²) in [4.78, 5) is 35.6. The van der Waals surface area contributed by atoms with Gasteiger partial charge >= 0.3 is 5.97 Å². The summed E-state index contributed by atoms with van der Waals surface area (Å²) in [6.07, 6.45) is 0. The molecular weight excluding hydrogens is 398 g/mol. The third-order valence-electron chi connectivity index (χ3n) is 4.04. The smallest absolute Gasteiger partial charge is 0.345 e. The average molecular weight is 419 g/mol. The van der Waals surface area contributed by atoms with Crippen LogP contribution in [0, 0.1) is 10.1 Å². The molecule has 0 aliphatic carbocycles. The summed E-state index contributed by atoms with van der Waals surface area (Å²) in [5, 5.41) is 11.4. The van der Waals surface area contributed by atoms with Gasteiger partial charge in [0.15, 0.2) is 18.1 Å². The Morgan fingerprint density at radius 3 is 2.20 bits per heavy atom. The van der Waals surface area contributed by atoms with E-state index in [0.29, 0.717) is 5.75 Å². The van der Waals surface area contributed by atoms with E-state index in [1.165, 1.54) is 33.5 Å². The molecule has 30 heavy (non-hydrogen) atoms. The molecule has 0 aromatic heterocycles. The molecule has 2 rings (SSSR count). The van der Waals surface area contributed by atoms with E-state index < -0.39 is 29.0 Å². The fourth-order valence-corrected chi connectivity index (χ4v) is 2.61. The van der Waals surface area contributed by atoms with E-state index in [1.54, 1.807) is 13.0 Å². The van der Waals surface area contributed by atoms with Gasteiger partial charge < -0.3 is 23.7 Å². The van der Waals surface area contributed by atoms with Gasteiger partial charge in [0.25, 0.3) is 5.69 Å². The van der Waals surface area contributed by atoms with E-state index in [2.05, 4.69) is 0 Å². The second-order valence-corrected chi connectivity index (χ2v) is 5.78. The SMILES string of the molecule is CCOc1cc([N+](=O)[O-])c(C(=O)OCC(=O)c2ccc(OC)cc2OC)cc1OC. The van der Waals surface area contributed by atoms with Crippen LogP contribution in [0.3, 0.4) is 0 Å². The molecule has 0 saturated heterocycles. The van der Waals surface area contributed by atoms with Crippen LogP contribution in [0.25, 0.3) is 0 Å². The number of nitrogens with zero attached hydrogens (tertiary/aromatic N) is 1. The number of methoxy groups -OCH3 is 3. The van der Waals surface area contributed by atoms with Crippen LogP contribution in [0.5, 0.6) is 23.0 Å². The van der Waals surface area contributed by atoms with Crippen molar-refractivity contribution in [3.8, 4) is 23.0 Å². The Morgan fingerprint density at radius 1 is 0.933 bits per heavy atom. The number of ether oxygens (including phenoxy) is 5. The maximum absolute atomic E-state index is 12.5. The first-order chi connectivity index (χ1) is 14.4. The van der Waals surface area contributed by atoms with Gasteiger partial charge in [0.2, 0.25) is 5.78 Å². The van der Waals surface area contributed by atoms with Crippen LogP contribution in [0.15, 0.2) is 30.3 Å². The zero-order valence-electron chi connectivity index (χ0n) is 16.9. The lowest BCUT2D eigenvalue weighted by molar-refractivity contribution is -0.385. The quantitative estimate of drug-likeness (QED) is 0.247. The Balaban J connectivity index is 2.25. The second-order valence-electron chi connectivity index (χ2n) is 5.78. The summed E-state index contributed by atoms with van der Waals surface area (Å²) in [5.74, 6) is -0.645. The summed E-state index contributed by atoms with van der Waals surface area (Å²) in [5.41, 5.74) is -0.724. The van der Waals surface area contributed by atoms with Crippen molar-refractivity contribution >= 4 is 17.4 Å². The zero-order chi connectivity index (χ0) is 22.3. The Morgan fingerprint density at radius 2 is 1.63 bits per heavy atom. The van der Waals surface area contributed by atoms with E-state index in [0.717, 1.165) is 12.1 Å². The highest BCUT2D eigenvalue weighted by Crippen LogP contribution is 2.35. The van der Waals surface area contributed by atoms with Crippen molar-refractivity contribution in [2.45, 2.75) is 6.92 Å². The Labute approximate surface area is 172 Å². The molecule has 2 aromatic carbocycles. The lowest BCUT2D eigenvalue weighted by atomic mass is 10.1. The highest BCUT2D eigenvalue weighted by Gasteiger charge is 2.27. The lowest BCUT2D eigenvalue weighted by Gasteiger charge is -2.12. The van der Waals surface area contributed by atoms with Gasteiger partial charge in [0.1, 0.15) is 17.1 Å². The summed E-state index contributed by atoms with van der Waals surface area (Å²) in [7, 11) is 4.18. The van der Waals surface area contributed by atoms with Gasteiger partial charge in [-0.25, -0.2) is 4.79 Å². The summed E-state index contributed by atoms with van der Waals surface area (Å²) in [6, 6.07) is 6.75. The maximum Gasteiger partial charge on any atom is 0.345 e. The minimum Gasteiger partial charge on any atom is -0.497 e. The molecule has 0 fully saturated rings. The minimum atomic E-state index is -1.05. The fraction of sp³-hybridized carbons (Fsp3) is 0.300. The molecule has 0 N–H and O–H groups in total. The number of esters is 1. The van der Waals surface area contributed by atoms with Gasteiger partial charge in [-0.05, 0) is 19.1 Å². The Hall–Kier alpha value is -3.82. The van der Waals surface area contributed by atoms with E-state index in [4.69, 9.17) is 23.7 Å². The number of nitro groups is 1. The number of Topliss-reactive ketones (excluding diaryl/α,β-unsaturated/α-hetero) is 1. The van der Waals surface area contributed by atoms with Crippen molar-refractivity contribution in [3.05, 3.63) is 51.6 Å². The van der Waals surface area contributed by atoms with Crippen LogP contribution in [0.2, 0.25) is 0 Å². The van der Waals surface area contributed by atoms with Crippen molar-refractivity contribution in [2.24, 2.45) is 0 Å². The molecule has 10 heteroatoms. The molecule has 160 valence electrons. The predicted molar refractivity (Wildman–Crippen MR) is 105 cm³/mol. The first kappa shape index (κ1) is 22.5. The normalized spacial score (nSPS) is 10.1. The van der Waals surface area contributed by atoms with Crippen LogP contribution in [-0.2, 0) is 4.74 Å². The molecular formula is C20H21NO9. The minimum absolute atomic E-state index is 0.113. The van der Waals surface area contributed by atoms with Crippen molar-refractivity contribution in [1.29, 1.82) is 0 Å². The van der Waals surface area contributed by atoms with Gasteiger partial charge in [-0.2, -0.15) is 0 Å². The van der Waals surface area contributed by atoms with E-state index in [1.807, 2.05) is 0 Å². The number of carbonyl (C=O) groups is 2. The summed E-state index contributed by atoms with van der Waals surface area (Å²) >= 11 is 0. The largest absolute Gasteiger partial charge is 0.497 e. The van der Waals surface area contributed by atoms with E-state index in [9.17, 15) is 19.7 Å². The molecule has 10 nitrogen and oxygen atoms in total. The molecule has 0 aliphatic heterocycles. The van der Waals surface area contributed by atoms with Crippen LogP contribution < -0.4 is 18.9 Å². The molecule has 0 spiro atoms. The monoisotopic (exact) mass is 419 g/mol. The number of hydrogen-bond acceptors (Lipinski definition) is 9. The lowest BCUT2D eigenvalue weighted by Crippen LogP contribution is -2.16. The van der Waals surface area contributed by atoms with Gasteiger partial charge in [-0.15, -0.1) is 0 Å². The Kier molecular flexibility index (Phi) is 7.56. The van der Waals surface area contributed by atoms with Crippen LogP contribution in [0.1, 0.15) is 27.6 Å². The first-order valence-electron chi connectivity index (χ1n) is 8.77. The molecule has 0 bridgehead atoms. The molecule has 0 amide bonds.